The van der Waals surface area contributed by atoms with Crippen molar-refractivity contribution in [2.24, 2.45) is 0 Å². The predicted octanol–water partition coefficient (Wildman–Crippen LogP) is 3.43. The minimum absolute atomic E-state index is 0.0873. The van der Waals surface area contributed by atoms with Crippen LogP contribution in [0.3, 0.4) is 0 Å². The van der Waals surface area contributed by atoms with E-state index in [0.717, 1.165) is 17.8 Å². The maximum Gasteiger partial charge on any atom is 0.246 e. The Hall–Kier alpha value is -2.44. The van der Waals surface area contributed by atoms with Gasteiger partial charge in [0, 0.05) is 35.5 Å². The highest BCUT2D eigenvalue weighted by atomic mass is 32.1. The molecule has 0 saturated heterocycles. The first-order chi connectivity index (χ1) is 11.7. The van der Waals surface area contributed by atoms with Gasteiger partial charge in [-0.25, -0.2) is 0 Å². The van der Waals surface area contributed by atoms with Gasteiger partial charge in [0.2, 0.25) is 5.91 Å². The van der Waals surface area contributed by atoms with Crippen molar-refractivity contribution in [1.29, 1.82) is 0 Å². The molecule has 0 fully saturated rings. The molecule has 24 heavy (non-hydrogen) atoms. The number of carbonyl (C=O) groups excluding carboxylic acids is 1. The molecule has 1 aromatic carbocycles. The molecule has 6 heteroatoms. The first-order valence-corrected chi connectivity index (χ1v) is 8.71. The molecular formula is C18H20N4OS. The number of hydrogen-bond acceptors (Lipinski definition) is 4. The molecule has 3 rings (SSSR count). The number of rotatable bonds is 7. The van der Waals surface area contributed by atoms with E-state index in [1.807, 2.05) is 18.2 Å². The van der Waals surface area contributed by atoms with Gasteiger partial charge in [0.05, 0.1) is 0 Å². The van der Waals surface area contributed by atoms with Crippen LogP contribution in [0, 0.1) is 0 Å². The largest absolute Gasteiger partial charge is 0.324 e. The van der Waals surface area contributed by atoms with Gasteiger partial charge in [-0.05, 0) is 42.1 Å². The first-order valence-electron chi connectivity index (χ1n) is 7.84. The van der Waals surface area contributed by atoms with Crippen LogP contribution in [0.5, 0.6) is 0 Å². The number of carbonyl (C=O) groups is 1. The number of hydrogen-bond donors (Lipinski definition) is 2. The van der Waals surface area contributed by atoms with Gasteiger partial charge in [-0.2, -0.15) is 5.10 Å². The molecule has 1 amide bonds. The van der Waals surface area contributed by atoms with Crippen molar-refractivity contribution in [3.8, 4) is 0 Å². The number of amides is 1. The van der Waals surface area contributed by atoms with Crippen molar-refractivity contribution in [3.63, 3.8) is 0 Å². The third-order valence-corrected chi connectivity index (χ3v) is 4.71. The molecule has 5 nitrogen and oxygen atoms in total. The molecule has 2 N–H and O–H groups in total. The van der Waals surface area contributed by atoms with Crippen LogP contribution in [0.25, 0.3) is 0 Å². The molecule has 0 aliphatic carbocycles. The fourth-order valence-corrected chi connectivity index (χ4v) is 3.17. The van der Waals surface area contributed by atoms with Gasteiger partial charge in [-0.1, -0.05) is 18.2 Å². The highest BCUT2D eigenvalue weighted by Gasteiger charge is 2.07. The summed E-state index contributed by atoms with van der Waals surface area (Å²) in [5.74, 6) is -0.0873. The monoisotopic (exact) mass is 340 g/mol. The fourth-order valence-electron chi connectivity index (χ4n) is 2.41. The van der Waals surface area contributed by atoms with E-state index in [1.165, 1.54) is 4.88 Å². The lowest BCUT2D eigenvalue weighted by Gasteiger charge is -2.13. The summed E-state index contributed by atoms with van der Waals surface area (Å²) in [5.41, 5.74) is 1.94. The summed E-state index contributed by atoms with van der Waals surface area (Å²) in [6.45, 7) is 3.12. The Kier molecular flexibility index (Phi) is 5.40. The number of nitrogens with zero attached hydrogens (tertiary/aromatic N) is 2. The Morgan fingerprint density at radius 3 is 2.96 bits per heavy atom. The van der Waals surface area contributed by atoms with Gasteiger partial charge in [0.1, 0.15) is 6.54 Å². The van der Waals surface area contributed by atoms with Gasteiger partial charge in [0.15, 0.2) is 0 Å². The summed E-state index contributed by atoms with van der Waals surface area (Å²) in [4.78, 5) is 13.3. The Morgan fingerprint density at radius 1 is 1.29 bits per heavy atom. The molecule has 0 spiro atoms. The summed E-state index contributed by atoms with van der Waals surface area (Å²) < 4.78 is 1.60. The minimum Gasteiger partial charge on any atom is -0.324 e. The van der Waals surface area contributed by atoms with E-state index >= 15 is 0 Å². The van der Waals surface area contributed by atoms with Gasteiger partial charge in [0.25, 0.3) is 0 Å². The third-order valence-electron chi connectivity index (χ3n) is 3.66. The summed E-state index contributed by atoms with van der Waals surface area (Å²) in [5, 5.41) is 12.5. The predicted molar refractivity (Wildman–Crippen MR) is 96.9 cm³/mol. The standard InChI is InChI=1S/C18H20N4OS/c1-14(17-7-3-10-24-17)19-12-15-5-2-6-16(11-15)21-18(23)13-22-9-4-8-20-22/h2-11,14,19H,12-13H2,1H3,(H,21,23)/t14-/m0/s1. The normalized spacial score (nSPS) is 12.0. The number of nitrogens with one attached hydrogen (secondary N) is 2. The lowest BCUT2D eigenvalue weighted by molar-refractivity contribution is -0.116. The van der Waals surface area contributed by atoms with Crippen molar-refractivity contribution >= 4 is 22.9 Å². The maximum absolute atomic E-state index is 12.0. The Bertz CT molecular complexity index is 768. The molecule has 0 aliphatic heterocycles. The van der Waals surface area contributed by atoms with E-state index in [4.69, 9.17) is 0 Å². The van der Waals surface area contributed by atoms with Gasteiger partial charge < -0.3 is 10.6 Å². The third kappa shape index (κ3) is 4.53. The molecule has 0 unspecified atom stereocenters. The molecule has 124 valence electrons. The van der Waals surface area contributed by atoms with Gasteiger partial charge in [-0.3, -0.25) is 9.48 Å². The summed E-state index contributed by atoms with van der Waals surface area (Å²) in [7, 11) is 0. The summed E-state index contributed by atoms with van der Waals surface area (Å²) in [6, 6.07) is 14.2. The van der Waals surface area contributed by atoms with Crippen LogP contribution in [-0.4, -0.2) is 15.7 Å². The zero-order valence-corrected chi connectivity index (χ0v) is 14.3. The Labute approximate surface area is 145 Å². The summed E-state index contributed by atoms with van der Waals surface area (Å²) in [6.07, 6.45) is 3.43. The maximum atomic E-state index is 12.0. The smallest absolute Gasteiger partial charge is 0.246 e. The second-order valence-corrected chi connectivity index (χ2v) is 6.55. The Morgan fingerprint density at radius 2 is 2.21 bits per heavy atom. The fraction of sp³-hybridized carbons (Fsp3) is 0.222. The van der Waals surface area contributed by atoms with Gasteiger partial charge in [-0.15, -0.1) is 11.3 Å². The van der Waals surface area contributed by atoms with Crippen molar-refractivity contribution in [2.75, 3.05) is 5.32 Å². The minimum atomic E-state index is -0.0873. The molecule has 0 bridgehead atoms. The molecule has 3 aromatic rings. The second-order valence-electron chi connectivity index (χ2n) is 5.57. The first kappa shape index (κ1) is 16.4. The van der Waals surface area contributed by atoms with Crippen LogP contribution in [-0.2, 0) is 17.9 Å². The van der Waals surface area contributed by atoms with E-state index in [1.54, 1.807) is 34.5 Å². The van der Waals surface area contributed by atoms with Crippen LogP contribution in [0.2, 0.25) is 0 Å². The van der Waals surface area contributed by atoms with Crippen molar-refractivity contribution in [1.82, 2.24) is 15.1 Å². The number of benzene rings is 1. The highest BCUT2D eigenvalue weighted by Crippen LogP contribution is 2.19. The zero-order chi connectivity index (χ0) is 16.8. The SMILES string of the molecule is C[C@H](NCc1cccc(NC(=O)Cn2cccn2)c1)c1cccs1. The van der Waals surface area contributed by atoms with Crippen LogP contribution >= 0.6 is 11.3 Å². The molecule has 2 aromatic heterocycles. The van der Waals surface area contributed by atoms with Crippen molar-refractivity contribution in [2.45, 2.75) is 26.1 Å². The van der Waals surface area contributed by atoms with Crippen LogP contribution < -0.4 is 10.6 Å². The lowest BCUT2D eigenvalue weighted by atomic mass is 10.2. The molecule has 0 radical (unpaired) electrons. The van der Waals surface area contributed by atoms with Crippen LogP contribution in [0.15, 0.2) is 60.2 Å². The molecule has 0 saturated carbocycles. The second kappa shape index (κ2) is 7.90. The van der Waals surface area contributed by atoms with Crippen LogP contribution in [0.4, 0.5) is 5.69 Å². The van der Waals surface area contributed by atoms with Crippen molar-refractivity contribution in [3.05, 3.63) is 70.7 Å². The summed E-state index contributed by atoms with van der Waals surface area (Å²) >= 11 is 1.75. The number of thiophene rings is 1. The van der Waals surface area contributed by atoms with E-state index < -0.39 is 0 Å². The van der Waals surface area contributed by atoms with E-state index in [2.05, 4.69) is 46.2 Å². The van der Waals surface area contributed by atoms with Gasteiger partial charge >= 0.3 is 0 Å². The van der Waals surface area contributed by atoms with E-state index in [-0.39, 0.29) is 12.5 Å². The Balaban J connectivity index is 1.54. The number of aromatic nitrogens is 2. The van der Waals surface area contributed by atoms with E-state index in [0.29, 0.717) is 6.04 Å². The molecule has 1 atom stereocenters. The average molecular weight is 340 g/mol. The lowest BCUT2D eigenvalue weighted by Crippen LogP contribution is -2.19. The zero-order valence-electron chi connectivity index (χ0n) is 13.5. The molecule has 2 heterocycles. The number of anilines is 1. The quantitative estimate of drug-likeness (QED) is 0.693. The molecule has 0 aliphatic rings. The van der Waals surface area contributed by atoms with Crippen molar-refractivity contribution < 1.29 is 4.79 Å². The van der Waals surface area contributed by atoms with Crippen LogP contribution in [0.1, 0.15) is 23.4 Å². The highest BCUT2D eigenvalue weighted by molar-refractivity contribution is 7.10. The van der Waals surface area contributed by atoms with E-state index in [9.17, 15) is 4.79 Å². The average Bonchev–Trinajstić information content (AvgIpc) is 3.26. The molecular weight excluding hydrogens is 320 g/mol. The topological polar surface area (TPSA) is 58.9 Å².